The van der Waals surface area contributed by atoms with E-state index in [0.29, 0.717) is 0 Å². The Labute approximate surface area is 133 Å². The summed E-state index contributed by atoms with van der Waals surface area (Å²) >= 11 is 0. The predicted octanol–water partition coefficient (Wildman–Crippen LogP) is 6.55. The molecule has 0 spiro atoms. The van der Waals surface area contributed by atoms with Crippen LogP contribution in [0.2, 0.25) is 0 Å². The SMILES string of the molecule is C/C=C\C1=C(C)C(=C/C)/C(=C\C)c2cccc3cccc1c23. The zero-order chi connectivity index (χ0) is 15.7. The highest BCUT2D eigenvalue weighted by Gasteiger charge is 2.21. The van der Waals surface area contributed by atoms with Crippen molar-refractivity contribution in [1.82, 2.24) is 0 Å². The van der Waals surface area contributed by atoms with Gasteiger partial charge in [0.15, 0.2) is 0 Å². The van der Waals surface area contributed by atoms with E-state index in [1.165, 1.54) is 44.2 Å². The van der Waals surface area contributed by atoms with Crippen LogP contribution in [0.4, 0.5) is 0 Å². The first-order valence-electron chi connectivity index (χ1n) is 7.92. The number of hydrogen-bond donors (Lipinski definition) is 0. The second-order valence-electron chi connectivity index (χ2n) is 5.65. The van der Waals surface area contributed by atoms with Crippen molar-refractivity contribution in [1.29, 1.82) is 0 Å². The van der Waals surface area contributed by atoms with E-state index in [1.807, 2.05) is 0 Å². The molecule has 0 heteroatoms. The summed E-state index contributed by atoms with van der Waals surface area (Å²) in [4.78, 5) is 0. The molecule has 22 heavy (non-hydrogen) atoms. The number of rotatable bonds is 1. The van der Waals surface area contributed by atoms with Crippen LogP contribution in [0.5, 0.6) is 0 Å². The lowest BCUT2D eigenvalue weighted by Crippen LogP contribution is -1.91. The topological polar surface area (TPSA) is 0 Å². The number of hydrogen-bond acceptors (Lipinski definition) is 0. The Kier molecular flexibility index (Phi) is 3.85. The van der Waals surface area contributed by atoms with E-state index in [2.05, 4.69) is 88.4 Å². The Morgan fingerprint density at radius 3 is 2.00 bits per heavy atom. The van der Waals surface area contributed by atoms with Crippen LogP contribution in [0.15, 0.2) is 71.8 Å². The highest BCUT2D eigenvalue weighted by Crippen LogP contribution is 2.43. The third-order valence-corrected chi connectivity index (χ3v) is 4.49. The van der Waals surface area contributed by atoms with Crippen LogP contribution in [0.3, 0.4) is 0 Å². The van der Waals surface area contributed by atoms with Crippen molar-refractivity contribution in [2.45, 2.75) is 27.7 Å². The van der Waals surface area contributed by atoms with Gasteiger partial charge in [0.05, 0.1) is 0 Å². The maximum Gasteiger partial charge on any atom is -0.00266 e. The number of allylic oxidation sites excluding steroid dienone is 8. The van der Waals surface area contributed by atoms with E-state index in [4.69, 9.17) is 0 Å². The van der Waals surface area contributed by atoms with Crippen LogP contribution in [0.1, 0.15) is 38.8 Å². The maximum absolute atomic E-state index is 2.25. The van der Waals surface area contributed by atoms with Crippen LogP contribution in [-0.2, 0) is 0 Å². The van der Waals surface area contributed by atoms with Crippen LogP contribution in [-0.4, -0.2) is 0 Å². The zero-order valence-corrected chi connectivity index (χ0v) is 13.8. The molecule has 0 saturated carbocycles. The molecule has 0 aromatic heterocycles. The van der Waals surface area contributed by atoms with Crippen LogP contribution in [0, 0.1) is 0 Å². The predicted molar refractivity (Wildman–Crippen MR) is 98.8 cm³/mol. The number of benzene rings is 2. The molecule has 2 aromatic rings. The summed E-state index contributed by atoms with van der Waals surface area (Å²) in [6.45, 7) is 8.59. The van der Waals surface area contributed by atoms with Gasteiger partial charge in [-0.2, -0.15) is 0 Å². The minimum absolute atomic E-state index is 1.31. The molecule has 110 valence electrons. The fourth-order valence-electron chi connectivity index (χ4n) is 3.55. The summed E-state index contributed by atoms with van der Waals surface area (Å²) < 4.78 is 0. The minimum atomic E-state index is 1.31. The molecular weight excluding hydrogens is 264 g/mol. The molecule has 0 amide bonds. The monoisotopic (exact) mass is 286 g/mol. The van der Waals surface area contributed by atoms with E-state index in [0.717, 1.165) is 0 Å². The van der Waals surface area contributed by atoms with E-state index in [-0.39, 0.29) is 0 Å². The van der Waals surface area contributed by atoms with Crippen molar-refractivity contribution in [2.75, 3.05) is 0 Å². The highest BCUT2D eigenvalue weighted by atomic mass is 14.2. The van der Waals surface area contributed by atoms with Gasteiger partial charge in [-0.05, 0) is 71.9 Å². The summed E-state index contributed by atoms with van der Waals surface area (Å²) in [5, 5.41) is 2.67. The molecule has 1 aliphatic rings. The molecule has 2 aromatic carbocycles. The molecule has 0 bridgehead atoms. The first-order chi connectivity index (χ1) is 10.7. The second-order valence-corrected chi connectivity index (χ2v) is 5.65. The Morgan fingerprint density at radius 2 is 1.41 bits per heavy atom. The average Bonchev–Trinajstić information content (AvgIpc) is 2.64. The van der Waals surface area contributed by atoms with E-state index in [9.17, 15) is 0 Å². The molecule has 0 N–H and O–H groups in total. The van der Waals surface area contributed by atoms with Crippen LogP contribution < -0.4 is 0 Å². The van der Waals surface area contributed by atoms with Crippen molar-refractivity contribution >= 4 is 21.9 Å². The second kappa shape index (κ2) is 5.81. The molecule has 0 atom stereocenters. The van der Waals surface area contributed by atoms with Crippen LogP contribution >= 0.6 is 0 Å². The highest BCUT2D eigenvalue weighted by molar-refractivity contribution is 6.09. The molecule has 0 aliphatic heterocycles. The standard InChI is InChI=1S/C22H22/c1-5-10-19-15(4)17(6-2)18(7-3)20-13-8-11-16-12-9-14-21(19)22(16)20/h5-14H,1-4H3/b10-5-,17-6-,18-7+. The largest absolute Gasteiger partial charge is 0.0870 e. The third-order valence-electron chi connectivity index (χ3n) is 4.49. The van der Waals surface area contributed by atoms with Gasteiger partial charge >= 0.3 is 0 Å². The van der Waals surface area contributed by atoms with Gasteiger partial charge in [0, 0.05) is 0 Å². The molecule has 0 radical (unpaired) electrons. The van der Waals surface area contributed by atoms with E-state index in [1.54, 1.807) is 0 Å². The normalized spacial score (nSPS) is 18.7. The average molecular weight is 286 g/mol. The first kappa shape index (κ1) is 14.6. The summed E-state index contributed by atoms with van der Waals surface area (Å²) in [5.74, 6) is 0. The molecule has 0 unspecified atom stereocenters. The summed E-state index contributed by atoms with van der Waals surface area (Å²) in [5.41, 5.74) is 8.00. The lowest BCUT2D eigenvalue weighted by molar-refractivity contribution is 1.42. The van der Waals surface area contributed by atoms with Crippen molar-refractivity contribution in [3.8, 4) is 0 Å². The molecule has 3 rings (SSSR count). The van der Waals surface area contributed by atoms with Gasteiger partial charge in [-0.25, -0.2) is 0 Å². The van der Waals surface area contributed by atoms with Crippen molar-refractivity contribution in [3.05, 3.63) is 83.0 Å². The molecule has 0 nitrogen and oxygen atoms in total. The Hall–Kier alpha value is -2.34. The summed E-state index contributed by atoms with van der Waals surface area (Å²) in [6, 6.07) is 13.2. The quantitative estimate of drug-likeness (QED) is 0.557. The van der Waals surface area contributed by atoms with E-state index < -0.39 is 0 Å². The van der Waals surface area contributed by atoms with Gasteiger partial charge in [0.25, 0.3) is 0 Å². The zero-order valence-electron chi connectivity index (χ0n) is 13.8. The minimum Gasteiger partial charge on any atom is -0.0870 e. The third kappa shape index (κ3) is 2.07. The Balaban J connectivity index is 2.57. The molecule has 0 saturated heterocycles. The van der Waals surface area contributed by atoms with Gasteiger partial charge in [-0.3, -0.25) is 0 Å². The van der Waals surface area contributed by atoms with Crippen molar-refractivity contribution in [2.24, 2.45) is 0 Å². The molecule has 0 fully saturated rings. The van der Waals surface area contributed by atoms with Gasteiger partial charge in [-0.1, -0.05) is 60.7 Å². The summed E-state index contributed by atoms with van der Waals surface area (Å²) in [7, 11) is 0. The van der Waals surface area contributed by atoms with Gasteiger partial charge in [0.2, 0.25) is 0 Å². The Bertz CT molecular complexity index is 849. The van der Waals surface area contributed by atoms with Crippen molar-refractivity contribution < 1.29 is 0 Å². The molecule has 0 heterocycles. The summed E-state index contributed by atoms with van der Waals surface area (Å²) in [6.07, 6.45) is 8.85. The van der Waals surface area contributed by atoms with Crippen molar-refractivity contribution in [3.63, 3.8) is 0 Å². The van der Waals surface area contributed by atoms with E-state index >= 15 is 0 Å². The van der Waals surface area contributed by atoms with Gasteiger partial charge in [0.1, 0.15) is 0 Å². The smallest absolute Gasteiger partial charge is 0.00266 e. The molecular formula is C22H22. The maximum atomic E-state index is 2.25. The lowest BCUT2D eigenvalue weighted by Gasteiger charge is -2.12. The van der Waals surface area contributed by atoms with Gasteiger partial charge in [-0.15, -0.1) is 0 Å². The lowest BCUT2D eigenvalue weighted by atomic mass is 9.91. The fourth-order valence-corrected chi connectivity index (χ4v) is 3.55. The molecule has 1 aliphatic carbocycles. The fraction of sp³-hybridized carbons (Fsp3) is 0.182. The van der Waals surface area contributed by atoms with Crippen LogP contribution in [0.25, 0.3) is 21.9 Å². The van der Waals surface area contributed by atoms with Gasteiger partial charge < -0.3 is 0 Å². The first-order valence-corrected chi connectivity index (χ1v) is 7.92. The Morgan fingerprint density at radius 1 is 0.773 bits per heavy atom.